The van der Waals surface area contributed by atoms with E-state index in [9.17, 15) is 9.90 Å². The summed E-state index contributed by atoms with van der Waals surface area (Å²) in [6.07, 6.45) is 7.83. The Morgan fingerprint density at radius 3 is 2.90 bits per heavy atom. The van der Waals surface area contributed by atoms with Gasteiger partial charge in [0.05, 0.1) is 18.7 Å². The third-order valence-corrected chi connectivity index (χ3v) is 4.07. The average Bonchev–Trinajstić information content (AvgIpc) is 2.86. The van der Waals surface area contributed by atoms with Gasteiger partial charge in [-0.25, -0.2) is 9.78 Å². The van der Waals surface area contributed by atoms with Crippen molar-refractivity contribution in [3.63, 3.8) is 0 Å². The summed E-state index contributed by atoms with van der Waals surface area (Å²) in [5.74, 6) is 0.864. The molecule has 0 spiro atoms. The summed E-state index contributed by atoms with van der Waals surface area (Å²) in [5, 5.41) is 13.0. The number of aryl methyl sites for hydroxylation is 1. The number of aromatic nitrogens is 2. The average molecular weight is 294 g/mol. The Morgan fingerprint density at radius 2 is 2.29 bits per heavy atom. The van der Waals surface area contributed by atoms with Crippen molar-refractivity contribution in [2.24, 2.45) is 7.05 Å². The molecular weight excluding hydrogens is 268 g/mol. The first-order chi connectivity index (χ1) is 10.1. The summed E-state index contributed by atoms with van der Waals surface area (Å²) in [5.41, 5.74) is 0. The van der Waals surface area contributed by atoms with Gasteiger partial charge >= 0.3 is 6.03 Å². The van der Waals surface area contributed by atoms with E-state index in [2.05, 4.69) is 10.3 Å². The van der Waals surface area contributed by atoms with E-state index in [-0.39, 0.29) is 12.1 Å². The molecule has 21 heavy (non-hydrogen) atoms. The first kappa shape index (κ1) is 15.8. The van der Waals surface area contributed by atoms with Crippen molar-refractivity contribution >= 4 is 6.03 Å². The van der Waals surface area contributed by atoms with Gasteiger partial charge in [0.2, 0.25) is 0 Å². The van der Waals surface area contributed by atoms with Gasteiger partial charge in [-0.2, -0.15) is 0 Å². The lowest BCUT2D eigenvalue weighted by Gasteiger charge is -2.31. The first-order valence-corrected chi connectivity index (χ1v) is 7.81. The number of amides is 2. The van der Waals surface area contributed by atoms with E-state index in [0.717, 1.165) is 37.9 Å². The zero-order valence-corrected chi connectivity index (χ0v) is 13.0. The molecule has 0 radical (unpaired) electrons. The Hall–Kier alpha value is -1.56. The van der Waals surface area contributed by atoms with Crippen LogP contribution in [0.5, 0.6) is 0 Å². The van der Waals surface area contributed by atoms with Crippen LogP contribution in [-0.2, 0) is 13.6 Å². The fourth-order valence-corrected chi connectivity index (χ4v) is 2.77. The minimum atomic E-state index is -0.417. The molecular formula is C15H26N4O2. The molecule has 2 N–H and O–H groups in total. The van der Waals surface area contributed by atoms with Crippen LogP contribution in [0.2, 0.25) is 0 Å². The van der Waals surface area contributed by atoms with Gasteiger partial charge in [0.25, 0.3) is 0 Å². The van der Waals surface area contributed by atoms with Crippen LogP contribution in [0.25, 0.3) is 0 Å². The number of aliphatic hydroxyl groups excluding tert-OH is 1. The van der Waals surface area contributed by atoms with E-state index in [0.29, 0.717) is 13.1 Å². The first-order valence-electron chi connectivity index (χ1n) is 7.81. The molecule has 1 fully saturated rings. The molecule has 1 aliphatic rings. The van der Waals surface area contributed by atoms with Crippen LogP contribution >= 0.6 is 0 Å². The van der Waals surface area contributed by atoms with E-state index >= 15 is 0 Å². The maximum atomic E-state index is 12.5. The number of urea groups is 1. The lowest BCUT2D eigenvalue weighted by atomic mass is 9.93. The van der Waals surface area contributed by atoms with Gasteiger partial charge in [0.15, 0.2) is 0 Å². The van der Waals surface area contributed by atoms with Gasteiger partial charge in [-0.1, -0.05) is 19.8 Å². The molecule has 1 aromatic heterocycles. The number of hydrogen-bond acceptors (Lipinski definition) is 3. The van der Waals surface area contributed by atoms with Gasteiger partial charge in [0.1, 0.15) is 5.82 Å². The molecule has 0 aliphatic heterocycles. The number of aliphatic hydroxyl groups is 1. The van der Waals surface area contributed by atoms with Crippen LogP contribution in [0, 0.1) is 0 Å². The van der Waals surface area contributed by atoms with Crippen molar-refractivity contribution in [1.29, 1.82) is 0 Å². The zero-order valence-electron chi connectivity index (χ0n) is 13.0. The Labute approximate surface area is 126 Å². The number of carbonyl (C=O) groups is 1. The number of nitrogens with zero attached hydrogens (tertiary/aromatic N) is 3. The summed E-state index contributed by atoms with van der Waals surface area (Å²) in [6.45, 7) is 3.22. The number of nitrogens with one attached hydrogen (secondary N) is 1. The predicted octanol–water partition coefficient (Wildman–Crippen LogP) is 1.65. The lowest BCUT2D eigenvalue weighted by Crippen LogP contribution is -2.50. The number of carbonyl (C=O) groups excluding carboxylic acids is 1. The fourth-order valence-electron chi connectivity index (χ4n) is 2.77. The molecule has 6 nitrogen and oxygen atoms in total. The third-order valence-electron chi connectivity index (χ3n) is 4.07. The van der Waals surface area contributed by atoms with Gasteiger partial charge in [-0.3, -0.25) is 0 Å². The highest BCUT2D eigenvalue weighted by molar-refractivity contribution is 5.74. The number of hydrogen-bond donors (Lipinski definition) is 2. The highest BCUT2D eigenvalue weighted by Crippen LogP contribution is 2.18. The quantitative estimate of drug-likeness (QED) is 0.867. The molecule has 1 heterocycles. The van der Waals surface area contributed by atoms with Crippen LogP contribution in [0.15, 0.2) is 12.4 Å². The standard InChI is InChI=1S/C15H26N4O2/c1-3-9-19(11-14-16-8-10-18(14)2)15(21)17-12-6-4-5-7-13(12)20/h8,10,12-13,20H,3-7,9,11H2,1-2H3,(H,17,21)/t12-,13-/m1/s1. The molecule has 6 heteroatoms. The van der Waals surface area contributed by atoms with Crippen LogP contribution in [0.4, 0.5) is 4.79 Å². The molecule has 1 aromatic rings. The Morgan fingerprint density at radius 1 is 1.52 bits per heavy atom. The Kier molecular flexibility index (Phi) is 5.61. The minimum Gasteiger partial charge on any atom is -0.391 e. The van der Waals surface area contributed by atoms with Crippen molar-refractivity contribution in [1.82, 2.24) is 19.8 Å². The van der Waals surface area contributed by atoms with E-state index in [1.807, 2.05) is 24.7 Å². The van der Waals surface area contributed by atoms with Crippen molar-refractivity contribution in [2.45, 2.75) is 57.7 Å². The third kappa shape index (κ3) is 4.20. The SMILES string of the molecule is CCCN(Cc1nccn1C)C(=O)N[C@@H]1CCCC[C@H]1O. The Balaban J connectivity index is 1.96. The van der Waals surface area contributed by atoms with Crippen LogP contribution < -0.4 is 5.32 Å². The summed E-state index contributed by atoms with van der Waals surface area (Å²) in [4.78, 5) is 18.5. The predicted molar refractivity (Wildman–Crippen MR) is 80.7 cm³/mol. The molecule has 0 aromatic carbocycles. The minimum absolute atomic E-state index is 0.106. The maximum absolute atomic E-state index is 12.5. The van der Waals surface area contributed by atoms with E-state index in [1.165, 1.54) is 0 Å². The highest BCUT2D eigenvalue weighted by Gasteiger charge is 2.26. The van der Waals surface area contributed by atoms with Crippen LogP contribution in [0.1, 0.15) is 44.9 Å². The summed E-state index contributed by atoms with van der Waals surface area (Å²) in [7, 11) is 1.93. The summed E-state index contributed by atoms with van der Waals surface area (Å²) in [6, 6.07) is -0.224. The van der Waals surface area contributed by atoms with Gasteiger partial charge in [-0.15, -0.1) is 0 Å². The molecule has 1 aliphatic carbocycles. The molecule has 0 unspecified atom stereocenters. The second-order valence-corrected chi connectivity index (χ2v) is 5.78. The van der Waals surface area contributed by atoms with E-state index in [1.54, 1.807) is 11.1 Å². The van der Waals surface area contributed by atoms with Gasteiger partial charge < -0.3 is 19.9 Å². The van der Waals surface area contributed by atoms with Gasteiger partial charge in [-0.05, 0) is 19.3 Å². The van der Waals surface area contributed by atoms with Crippen molar-refractivity contribution in [3.8, 4) is 0 Å². The van der Waals surface area contributed by atoms with Crippen LogP contribution in [-0.4, -0.2) is 44.3 Å². The Bertz CT molecular complexity index is 460. The second kappa shape index (κ2) is 7.45. The molecule has 2 rings (SSSR count). The maximum Gasteiger partial charge on any atom is 0.318 e. The summed E-state index contributed by atoms with van der Waals surface area (Å²) < 4.78 is 1.92. The molecule has 2 amide bonds. The monoisotopic (exact) mass is 294 g/mol. The van der Waals surface area contributed by atoms with Crippen molar-refractivity contribution in [2.75, 3.05) is 6.54 Å². The molecule has 1 saturated carbocycles. The second-order valence-electron chi connectivity index (χ2n) is 5.78. The largest absolute Gasteiger partial charge is 0.391 e. The normalized spacial score (nSPS) is 22.0. The fraction of sp³-hybridized carbons (Fsp3) is 0.733. The van der Waals surface area contributed by atoms with E-state index < -0.39 is 6.10 Å². The van der Waals surface area contributed by atoms with Crippen LogP contribution in [0.3, 0.4) is 0 Å². The molecule has 2 atom stereocenters. The zero-order chi connectivity index (χ0) is 15.2. The smallest absolute Gasteiger partial charge is 0.318 e. The summed E-state index contributed by atoms with van der Waals surface area (Å²) >= 11 is 0. The number of imidazole rings is 1. The molecule has 0 saturated heterocycles. The molecule has 118 valence electrons. The van der Waals surface area contributed by atoms with Gasteiger partial charge in [0, 0.05) is 26.0 Å². The lowest BCUT2D eigenvalue weighted by molar-refractivity contribution is 0.0893. The van der Waals surface area contributed by atoms with Crippen molar-refractivity contribution in [3.05, 3.63) is 18.2 Å². The number of rotatable bonds is 5. The highest BCUT2D eigenvalue weighted by atomic mass is 16.3. The van der Waals surface area contributed by atoms with Crippen molar-refractivity contribution < 1.29 is 9.90 Å². The molecule has 0 bridgehead atoms. The topological polar surface area (TPSA) is 70.4 Å². The van der Waals surface area contributed by atoms with E-state index in [4.69, 9.17) is 0 Å².